The Morgan fingerprint density at radius 1 is 0.958 bits per heavy atom. The average molecular weight is 326 g/mol. The molecule has 0 bridgehead atoms. The van der Waals surface area contributed by atoms with Crippen molar-refractivity contribution in [1.82, 2.24) is 0 Å². The second-order valence-electron chi connectivity index (χ2n) is 6.46. The van der Waals surface area contributed by atoms with Gasteiger partial charge in [0.1, 0.15) is 6.10 Å². The summed E-state index contributed by atoms with van der Waals surface area (Å²) in [4.78, 5) is 12.6. The van der Waals surface area contributed by atoms with Gasteiger partial charge in [0, 0.05) is 12.8 Å². The molecule has 0 aliphatic heterocycles. The molecular weight excluding hydrogens is 300 g/mol. The molecule has 128 valence electrons. The van der Waals surface area contributed by atoms with E-state index in [1.165, 1.54) is 0 Å². The Hall–Kier alpha value is -1.97. The van der Waals surface area contributed by atoms with E-state index >= 15 is 0 Å². The van der Waals surface area contributed by atoms with E-state index in [1.807, 2.05) is 74.5 Å². The van der Waals surface area contributed by atoms with Crippen molar-refractivity contribution in [2.24, 2.45) is 5.92 Å². The van der Waals surface area contributed by atoms with Gasteiger partial charge in [-0.25, -0.2) is 0 Å². The molecule has 0 aliphatic rings. The van der Waals surface area contributed by atoms with E-state index in [0.717, 1.165) is 11.1 Å². The Morgan fingerprint density at radius 2 is 1.50 bits per heavy atom. The fourth-order valence-corrected chi connectivity index (χ4v) is 2.44. The normalized spacial score (nSPS) is 13.7. The molecule has 2 aromatic rings. The van der Waals surface area contributed by atoms with Crippen molar-refractivity contribution in [3.63, 3.8) is 0 Å². The van der Waals surface area contributed by atoms with Gasteiger partial charge in [-0.3, -0.25) is 4.79 Å². The summed E-state index contributed by atoms with van der Waals surface area (Å²) >= 11 is 0. The third-order valence-corrected chi connectivity index (χ3v) is 4.10. The molecule has 2 atom stereocenters. The van der Waals surface area contributed by atoms with Crippen molar-refractivity contribution >= 4 is 5.78 Å². The molecule has 24 heavy (non-hydrogen) atoms. The van der Waals surface area contributed by atoms with Gasteiger partial charge in [-0.05, 0) is 17.0 Å². The number of aliphatic hydroxyl groups is 1. The number of ether oxygens (including phenoxy) is 1. The number of Topliss-reactive ketones (excluding diaryl/α,β-unsaturated/α-hetero) is 1. The maximum Gasteiger partial charge on any atom is 0.164 e. The van der Waals surface area contributed by atoms with Crippen molar-refractivity contribution in [3.8, 4) is 0 Å². The zero-order valence-corrected chi connectivity index (χ0v) is 14.4. The number of hydrogen-bond donors (Lipinski definition) is 1. The zero-order chi connectivity index (χ0) is 17.4. The predicted molar refractivity (Wildman–Crippen MR) is 95.6 cm³/mol. The zero-order valence-electron chi connectivity index (χ0n) is 14.4. The van der Waals surface area contributed by atoms with Crippen LogP contribution >= 0.6 is 0 Å². The van der Waals surface area contributed by atoms with Gasteiger partial charge in [-0.1, -0.05) is 74.5 Å². The highest BCUT2D eigenvalue weighted by Gasteiger charge is 2.23. The van der Waals surface area contributed by atoms with Crippen molar-refractivity contribution in [2.75, 3.05) is 0 Å². The number of carbonyl (C=O) groups excluding carboxylic acids is 1. The molecule has 0 amide bonds. The standard InChI is InChI=1S/C21H26O3/c1-16(2)19(22)14-20(23)21(13-17-9-5-3-6-10-17)24-15-18-11-7-4-8-12-18/h3-12,16,19,21-22H,13-15H2,1-2H3/t19-,21-/m0/s1. The van der Waals surface area contributed by atoms with Crippen LogP contribution in [-0.4, -0.2) is 23.1 Å². The quantitative estimate of drug-likeness (QED) is 0.762. The van der Waals surface area contributed by atoms with Crippen molar-refractivity contribution in [1.29, 1.82) is 0 Å². The van der Waals surface area contributed by atoms with Crippen LogP contribution in [0.2, 0.25) is 0 Å². The van der Waals surface area contributed by atoms with Crippen LogP contribution in [0, 0.1) is 5.92 Å². The minimum absolute atomic E-state index is 0.0454. The number of rotatable bonds is 9. The number of hydrogen-bond acceptors (Lipinski definition) is 3. The maximum atomic E-state index is 12.6. The molecule has 0 unspecified atom stereocenters. The lowest BCUT2D eigenvalue weighted by molar-refractivity contribution is -0.133. The Labute approximate surface area is 144 Å². The van der Waals surface area contributed by atoms with E-state index < -0.39 is 12.2 Å². The summed E-state index contributed by atoms with van der Waals surface area (Å²) in [7, 11) is 0. The molecule has 0 aromatic heterocycles. The SMILES string of the molecule is CC(C)[C@@H](O)CC(=O)[C@H](Cc1ccccc1)OCc1ccccc1. The summed E-state index contributed by atoms with van der Waals surface area (Å²) in [6.45, 7) is 4.21. The minimum atomic E-state index is -0.629. The summed E-state index contributed by atoms with van der Waals surface area (Å²) in [6.07, 6.45) is -0.515. The number of benzene rings is 2. The van der Waals surface area contributed by atoms with Gasteiger partial charge in [0.15, 0.2) is 5.78 Å². The fraction of sp³-hybridized carbons (Fsp3) is 0.381. The van der Waals surface area contributed by atoms with Crippen LogP contribution in [0.3, 0.4) is 0 Å². The monoisotopic (exact) mass is 326 g/mol. The smallest absolute Gasteiger partial charge is 0.164 e. The van der Waals surface area contributed by atoms with Crippen molar-refractivity contribution in [2.45, 2.75) is 45.5 Å². The largest absolute Gasteiger partial charge is 0.392 e. The van der Waals surface area contributed by atoms with E-state index in [2.05, 4.69) is 0 Å². The van der Waals surface area contributed by atoms with Crippen LogP contribution in [-0.2, 0) is 22.6 Å². The third-order valence-electron chi connectivity index (χ3n) is 4.10. The Balaban J connectivity index is 2.04. The second-order valence-corrected chi connectivity index (χ2v) is 6.46. The first kappa shape index (κ1) is 18.4. The van der Waals surface area contributed by atoms with E-state index in [1.54, 1.807) is 0 Å². The summed E-state index contributed by atoms with van der Waals surface area (Å²) in [5.41, 5.74) is 2.09. The number of ketones is 1. The molecule has 0 aliphatic carbocycles. The van der Waals surface area contributed by atoms with Gasteiger partial charge < -0.3 is 9.84 Å². The lowest BCUT2D eigenvalue weighted by atomic mass is 9.96. The Morgan fingerprint density at radius 3 is 2.04 bits per heavy atom. The fourth-order valence-electron chi connectivity index (χ4n) is 2.44. The van der Waals surface area contributed by atoms with Gasteiger partial charge in [0.25, 0.3) is 0 Å². The van der Waals surface area contributed by atoms with Crippen molar-refractivity contribution < 1.29 is 14.6 Å². The molecule has 1 N–H and O–H groups in total. The van der Waals surface area contributed by atoms with E-state index in [-0.39, 0.29) is 18.1 Å². The van der Waals surface area contributed by atoms with Gasteiger partial charge in [-0.2, -0.15) is 0 Å². The summed E-state index contributed by atoms with van der Waals surface area (Å²) in [6, 6.07) is 19.7. The molecule has 0 radical (unpaired) electrons. The molecule has 0 spiro atoms. The van der Waals surface area contributed by atoms with E-state index in [4.69, 9.17) is 4.74 Å². The minimum Gasteiger partial charge on any atom is -0.392 e. The highest BCUT2D eigenvalue weighted by molar-refractivity contribution is 5.83. The van der Waals surface area contributed by atoms with Gasteiger partial charge in [0.05, 0.1) is 12.7 Å². The first-order valence-corrected chi connectivity index (χ1v) is 8.46. The maximum absolute atomic E-state index is 12.6. The van der Waals surface area contributed by atoms with Crippen LogP contribution in [0.5, 0.6) is 0 Å². The van der Waals surface area contributed by atoms with Gasteiger partial charge in [-0.15, -0.1) is 0 Å². The van der Waals surface area contributed by atoms with E-state index in [9.17, 15) is 9.90 Å². The molecule has 3 heteroatoms. The predicted octanol–water partition coefficient (Wildman–Crippen LogP) is 3.79. The summed E-state index contributed by atoms with van der Waals surface area (Å²) < 4.78 is 5.91. The molecule has 0 saturated heterocycles. The van der Waals surface area contributed by atoms with E-state index in [0.29, 0.717) is 13.0 Å². The van der Waals surface area contributed by atoms with Crippen LogP contribution in [0.15, 0.2) is 60.7 Å². The number of carbonyl (C=O) groups is 1. The second kappa shape index (κ2) is 9.36. The lowest BCUT2D eigenvalue weighted by Crippen LogP contribution is -2.31. The van der Waals surface area contributed by atoms with Crippen LogP contribution < -0.4 is 0 Å². The average Bonchev–Trinajstić information content (AvgIpc) is 2.60. The van der Waals surface area contributed by atoms with Crippen LogP contribution in [0.25, 0.3) is 0 Å². The lowest BCUT2D eigenvalue weighted by Gasteiger charge is -2.20. The first-order chi connectivity index (χ1) is 11.6. The molecule has 0 fully saturated rings. The molecule has 0 heterocycles. The Kier molecular flexibility index (Phi) is 7.16. The molecule has 3 nitrogen and oxygen atoms in total. The summed E-state index contributed by atoms with van der Waals surface area (Å²) in [5, 5.41) is 10.0. The number of aliphatic hydroxyl groups excluding tert-OH is 1. The molecule has 2 aromatic carbocycles. The molecule has 2 rings (SSSR count). The molecular formula is C21H26O3. The van der Waals surface area contributed by atoms with Crippen LogP contribution in [0.4, 0.5) is 0 Å². The first-order valence-electron chi connectivity index (χ1n) is 8.46. The van der Waals surface area contributed by atoms with Crippen molar-refractivity contribution in [3.05, 3.63) is 71.8 Å². The highest BCUT2D eigenvalue weighted by Crippen LogP contribution is 2.15. The highest BCUT2D eigenvalue weighted by atomic mass is 16.5. The van der Waals surface area contributed by atoms with Gasteiger partial charge in [0.2, 0.25) is 0 Å². The third kappa shape index (κ3) is 5.91. The summed E-state index contributed by atoms with van der Waals surface area (Å²) in [5.74, 6) is 0.0106. The Bertz CT molecular complexity index is 607. The van der Waals surface area contributed by atoms with Crippen LogP contribution in [0.1, 0.15) is 31.4 Å². The van der Waals surface area contributed by atoms with Gasteiger partial charge >= 0.3 is 0 Å². The topological polar surface area (TPSA) is 46.5 Å². The molecule has 0 saturated carbocycles.